The zero-order chi connectivity index (χ0) is 14.7. The molecule has 0 aromatic heterocycles. The summed E-state index contributed by atoms with van der Waals surface area (Å²) in [5.74, 6) is 0.817. The molecular formula is C15H21BrN2O2. The minimum Gasteiger partial charge on any atom is -0.491 e. The Morgan fingerprint density at radius 2 is 2.15 bits per heavy atom. The Labute approximate surface area is 128 Å². The van der Waals surface area contributed by atoms with Crippen molar-refractivity contribution in [1.82, 2.24) is 0 Å². The molecule has 0 spiro atoms. The number of hydrogen-bond acceptors (Lipinski definition) is 3. The second-order valence-electron chi connectivity index (χ2n) is 5.60. The van der Waals surface area contributed by atoms with Gasteiger partial charge in [-0.1, -0.05) is 15.9 Å². The molecule has 2 unspecified atom stereocenters. The summed E-state index contributed by atoms with van der Waals surface area (Å²) in [7, 11) is 0. The van der Waals surface area contributed by atoms with Crippen molar-refractivity contribution < 1.29 is 9.53 Å². The highest BCUT2D eigenvalue weighted by Crippen LogP contribution is 2.28. The third-order valence-electron chi connectivity index (χ3n) is 3.35. The van der Waals surface area contributed by atoms with Crippen LogP contribution in [0.15, 0.2) is 22.7 Å². The molecule has 1 saturated carbocycles. The van der Waals surface area contributed by atoms with Crippen LogP contribution in [0.4, 0.5) is 5.69 Å². The van der Waals surface area contributed by atoms with Gasteiger partial charge in [0.2, 0.25) is 5.91 Å². The van der Waals surface area contributed by atoms with Gasteiger partial charge >= 0.3 is 0 Å². The van der Waals surface area contributed by atoms with Gasteiger partial charge in [0.25, 0.3) is 0 Å². The lowest BCUT2D eigenvalue weighted by atomic mass is 10.1. The van der Waals surface area contributed by atoms with Crippen molar-refractivity contribution in [1.29, 1.82) is 0 Å². The molecule has 4 nitrogen and oxygen atoms in total. The molecule has 1 aliphatic rings. The summed E-state index contributed by atoms with van der Waals surface area (Å²) < 4.78 is 6.54. The van der Waals surface area contributed by atoms with E-state index in [9.17, 15) is 4.79 Å². The number of nitrogens with one attached hydrogen (secondary N) is 1. The van der Waals surface area contributed by atoms with Gasteiger partial charge in [-0.25, -0.2) is 0 Å². The first-order valence-electron chi connectivity index (χ1n) is 6.97. The topological polar surface area (TPSA) is 64.3 Å². The Morgan fingerprint density at radius 3 is 2.75 bits per heavy atom. The maximum absolute atomic E-state index is 12.2. The quantitative estimate of drug-likeness (QED) is 0.883. The number of hydrogen-bond donors (Lipinski definition) is 2. The molecule has 1 aromatic carbocycles. The molecule has 1 amide bonds. The third kappa shape index (κ3) is 4.21. The lowest BCUT2D eigenvalue weighted by molar-refractivity contribution is -0.119. The molecule has 1 aliphatic carbocycles. The van der Waals surface area contributed by atoms with E-state index >= 15 is 0 Å². The second-order valence-corrected chi connectivity index (χ2v) is 6.52. The minimum absolute atomic E-state index is 0.0263. The van der Waals surface area contributed by atoms with Gasteiger partial charge in [-0.2, -0.15) is 0 Å². The number of rotatable bonds is 4. The fourth-order valence-corrected chi connectivity index (χ4v) is 2.95. The average molecular weight is 341 g/mol. The molecular weight excluding hydrogens is 320 g/mol. The highest BCUT2D eigenvalue weighted by molar-refractivity contribution is 9.10. The molecule has 1 fully saturated rings. The van der Waals surface area contributed by atoms with Crippen LogP contribution in [0, 0.1) is 5.92 Å². The maximum Gasteiger partial charge on any atom is 0.227 e. The molecule has 0 bridgehead atoms. The van der Waals surface area contributed by atoms with Gasteiger partial charge in [0.1, 0.15) is 5.75 Å². The van der Waals surface area contributed by atoms with E-state index in [2.05, 4.69) is 21.2 Å². The fraction of sp³-hybridized carbons (Fsp3) is 0.533. The number of anilines is 1. The zero-order valence-corrected chi connectivity index (χ0v) is 13.4. The lowest BCUT2D eigenvalue weighted by Gasteiger charge is -2.14. The van der Waals surface area contributed by atoms with E-state index in [1.807, 2.05) is 32.0 Å². The molecule has 5 heteroatoms. The Balaban J connectivity index is 2.05. The van der Waals surface area contributed by atoms with Crippen LogP contribution >= 0.6 is 15.9 Å². The monoisotopic (exact) mass is 340 g/mol. The van der Waals surface area contributed by atoms with E-state index in [-0.39, 0.29) is 24.0 Å². The minimum atomic E-state index is 0.0263. The predicted molar refractivity (Wildman–Crippen MR) is 83.9 cm³/mol. The first kappa shape index (κ1) is 15.3. The summed E-state index contributed by atoms with van der Waals surface area (Å²) in [6.45, 7) is 3.94. The predicted octanol–water partition coefficient (Wildman–Crippen LogP) is 3.30. The number of carbonyl (C=O) groups is 1. The molecule has 20 heavy (non-hydrogen) atoms. The molecule has 0 aliphatic heterocycles. The summed E-state index contributed by atoms with van der Waals surface area (Å²) in [5.41, 5.74) is 6.60. The molecule has 0 radical (unpaired) electrons. The second kappa shape index (κ2) is 6.59. The first-order chi connectivity index (χ1) is 9.44. The number of ether oxygens (including phenoxy) is 1. The van der Waals surface area contributed by atoms with Crippen molar-refractivity contribution in [2.24, 2.45) is 11.7 Å². The number of amides is 1. The van der Waals surface area contributed by atoms with Crippen LogP contribution in [0.5, 0.6) is 5.75 Å². The van der Waals surface area contributed by atoms with E-state index in [1.54, 1.807) is 0 Å². The van der Waals surface area contributed by atoms with Gasteiger partial charge in [0.15, 0.2) is 0 Å². The average Bonchev–Trinajstić information content (AvgIpc) is 2.74. The Kier molecular flexibility index (Phi) is 5.05. The van der Waals surface area contributed by atoms with Crippen LogP contribution in [0.3, 0.4) is 0 Å². The Morgan fingerprint density at radius 1 is 1.40 bits per heavy atom. The van der Waals surface area contributed by atoms with Crippen molar-refractivity contribution in [3.63, 3.8) is 0 Å². The van der Waals surface area contributed by atoms with Crippen LogP contribution in [0.1, 0.15) is 33.1 Å². The van der Waals surface area contributed by atoms with E-state index in [1.165, 1.54) is 0 Å². The van der Waals surface area contributed by atoms with Gasteiger partial charge in [0.05, 0.1) is 6.10 Å². The number of carbonyl (C=O) groups excluding carboxylic acids is 1. The van der Waals surface area contributed by atoms with Gasteiger partial charge in [-0.05, 0) is 45.2 Å². The summed E-state index contributed by atoms with van der Waals surface area (Å²) >= 11 is 3.43. The first-order valence-corrected chi connectivity index (χ1v) is 7.77. The summed E-state index contributed by atoms with van der Waals surface area (Å²) in [6, 6.07) is 5.77. The van der Waals surface area contributed by atoms with E-state index in [0.717, 1.165) is 35.2 Å². The van der Waals surface area contributed by atoms with Crippen molar-refractivity contribution >= 4 is 27.5 Å². The molecule has 1 aromatic rings. The van der Waals surface area contributed by atoms with Gasteiger partial charge in [-0.3, -0.25) is 4.79 Å². The van der Waals surface area contributed by atoms with Crippen molar-refractivity contribution in [2.45, 2.75) is 45.3 Å². The summed E-state index contributed by atoms with van der Waals surface area (Å²) in [4.78, 5) is 12.2. The largest absolute Gasteiger partial charge is 0.491 e. The molecule has 0 saturated heterocycles. The number of benzene rings is 1. The van der Waals surface area contributed by atoms with E-state index in [0.29, 0.717) is 0 Å². The highest BCUT2D eigenvalue weighted by Gasteiger charge is 2.27. The molecule has 0 heterocycles. The Bertz CT molecular complexity index is 491. The van der Waals surface area contributed by atoms with Crippen molar-refractivity contribution in [3.8, 4) is 5.75 Å². The summed E-state index contributed by atoms with van der Waals surface area (Å²) in [5, 5.41) is 2.95. The highest BCUT2D eigenvalue weighted by atomic mass is 79.9. The standard InChI is InChI=1S/C15H21BrN2O2/c1-9(2)20-14-7-11(16)6-13(8-14)18-15(19)10-3-4-12(17)5-10/h6-10,12H,3-5,17H2,1-2H3,(H,18,19). The molecule has 2 atom stereocenters. The SMILES string of the molecule is CC(C)Oc1cc(Br)cc(NC(=O)C2CCC(N)C2)c1. The molecule has 2 rings (SSSR count). The van der Waals surface area contributed by atoms with Gasteiger partial charge in [-0.15, -0.1) is 0 Å². The van der Waals surface area contributed by atoms with E-state index in [4.69, 9.17) is 10.5 Å². The van der Waals surface area contributed by atoms with E-state index < -0.39 is 0 Å². The Hall–Kier alpha value is -1.07. The molecule has 110 valence electrons. The van der Waals surface area contributed by atoms with Crippen LogP contribution < -0.4 is 15.8 Å². The number of halogens is 1. The zero-order valence-electron chi connectivity index (χ0n) is 11.9. The molecule has 3 N–H and O–H groups in total. The van der Waals surface area contributed by atoms with Gasteiger partial charge in [0, 0.05) is 28.2 Å². The fourth-order valence-electron chi connectivity index (χ4n) is 2.47. The van der Waals surface area contributed by atoms with Crippen molar-refractivity contribution in [2.75, 3.05) is 5.32 Å². The van der Waals surface area contributed by atoms with Gasteiger partial charge < -0.3 is 15.8 Å². The number of nitrogens with two attached hydrogens (primary N) is 1. The maximum atomic E-state index is 12.2. The van der Waals surface area contributed by atoms with Crippen LogP contribution in [0.2, 0.25) is 0 Å². The van der Waals surface area contributed by atoms with Crippen LogP contribution in [0.25, 0.3) is 0 Å². The van der Waals surface area contributed by atoms with Crippen molar-refractivity contribution in [3.05, 3.63) is 22.7 Å². The van der Waals surface area contributed by atoms with Crippen LogP contribution in [-0.2, 0) is 4.79 Å². The normalized spacial score (nSPS) is 22.1. The third-order valence-corrected chi connectivity index (χ3v) is 3.81. The lowest BCUT2D eigenvalue weighted by Crippen LogP contribution is -2.23. The summed E-state index contributed by atoms with van der Waals surface area (Å²) in [6.07, 6.45) is 2.67. The van der Waals surface area contributed by atoms with Crippen LogP contribution in [-0.4, -0.2) is 18.1 Å². The smallest absolute Gasteiger partial charge is 0.227 e.